The Hall–Kier alpha value is -2.01. The second-order valence-electron chi connectivity index (χ2n) is 6.58. The van der Waals surface area contributed by atoms with Crippen LogP contribution in [0.4, 0.5) is 0 Å². The molecule has 0 spiro atoms. The van der Waals surface area contributed by atoms with Gasteiger partial charge in [0.05, 0.1) is 0 Å². The van der Waals surface area contributed by atoms with Crippen LogP contribution in [0.5, 0.6) is 11.5 Å². The van der Waals surface area contributed by atoms with Crippen molar-refractivity contribution in [1.82, 2.24) is 10.2 Å². The second kappa shape index (κ2) is 8.20. The van der Waals surface area contributed by atoms with E-state index in [1.807, 2.05) is 18.2 Å². The van der Waals surface area contributed by atoms with Gasteiger partial charge in [-0.1, -0.05) is 13.0 Å². The Bertz CT molecular complexity index is 600. The molecule has 5 nitrogen and oxygen atoms in total. The molecule has 3 rings (SSSR count). The number of carbonyl (C=O) groups excluding carboxylic acids is 1. The number of benzene rings is 1. The highest BCUT2D eigenvalue weighted by Gasteiger charge is 2.15. The molecule has 1 aromatic carbocycles. The third-order valence-electron chi connectivity index (χ3n) is 4.46. The molecule has 0 unspecified atom stereocenters. The maximum atomic E-state index is 11.9. The Morgan fingerprint density at radius 1 is 1.33 bits per heavy atom. The average Bonchev–Trinajstić information content (AvgIpc) is 2.60. The SMILES string of the molecule is C[C@@H]1CCCN(CCNC(=O)/C=C\c2ccc3c(c2)OCCO3)C1. The lowest BCUT2D eigenvalue weighted by Crippen LogP contribution is -2.39. The molecule has 0 saturated carbocycles. The van der Waals surface area contributed by atoms with Crippen LogP contribution in [0, 0.1) is 5.92 Å². The lowest BCUT2D eigenvalue weighted by Gasteiger charge is -2.30. The van der Waals surface area contributed by atoms with E-state index in [1.54, 1.807) is 12.2 Å². The maximum absolute atomic E-state index is 11.9. The highest BCUT2D eigenvalue weighted by Crippen LogP contribution is 2.31. The molecule has 1 N–H and O–H groups in total. The third-order valence-corrected chi connectivity index (χ3v) is 4.46. The number of nitrogens with zero attached hydrogens (tertiary/aromatic N) is 1. The smallest absolute Gasteiger partial charge is 0.244 e. The van der Waals surface area contributed by atoms with Gasteiger partial charge >= 0.3 is 0 Å². The van der Waals surface area contributed by atoms with Crippen LogP contribution in [0.2, 0.25) is 0 Å². The van der Waals surface area contributed by atoms with E-state index in [9.17, 15) is 4.79 Å². The molecule has 0 bridgehead atoms. The van der Waals surface area contributed by atoms with Crippen LogP contribution >= 0.6 is 0 Å². The molecule has 1 amide bonds. The molecule has 5 heteroatoms. The molecule has 2 aliphatic rings. The van der Waals surface area contributed by atoms with Crippen molar-refractivity contribution < 1.29 is 14.3 Å². The number of ether oxygens (including phenoxy) is 2. The number of amides is 1. The first-order valence-electron chi connectivity index (χ1n) is 8.78. The number of rotatable bonds is 5. The number of hydrogen-bond donors (Lipinski definition) is 1. The molecule has 130 valence electrons. The molecule has 24 heavy (non-hydrogen) atoms. The maximum Gasteiger partial charge on any atom is 0.244 e. The van der Waals surface area contributed by atoms with Crippen molar-refractivity contribution in [3.8, 4) is 11.5 Å². The molecule has 0 aromatic heterocycles. The molecular formula is C19H26N2O3. The largest absolute Gasteiger partial charge is 0.486 e. The molecule has 0 radical (unpaired) electrons. The van der Waals surface area contributed by atoms with E-state index in [4.69, 9.17) is 9.47 Å². The number of likely N-dealkylation sites (tertiary alicyclic amines) is 1. The number of carbonyl (C=O) groups is 1. The fourth-order valence-electron chi connectivity index (χ4n) is 3.22. The molecular weight excluding hydrogens is 304 g/mol. The van der Waals surface area contributed by atoms with Crippen LogP contribution in [0.3, 0.4) is 0 Å². The highest BCUT2D eigenvalue weighted by atomic mass is 16.6. The Labute approximate surface area is 143 Å². The highest BCUT2D eigenvalue weighted by molar-refractivity contribution is 5.91. The van der Waals surface area contributed by atoms with Gasteiger partial charge in [0.25, 0.3) is 0 Å². The summed E-state index contributed by atoms with van der Waals surface area (Å²) in [5.41, 5.74) is 0.930. The first-order valence-corrected chi connectivity index (χ1v) is 8.78. The number of fused-ring (bicyclic) bond motifs is 1. The molecule has 1 aromatic rings. The van der Waals surface area contributed by atoms with E-state index in [1.165, 1.54) is 12.8 Å². The third kappa shape index (κ3) is 4.74. The van der Waals surface area contributed by atoms with Crippen LogP contribution in [-0.2, 0) is 4.79 Å². The van der Waals surface area contributed by atoms with Crippen LogP contribution in [0.1, 0.15) is 25.3 Å². The molecule has 2 heterocycles. The Morgan fingerprint density at radius 3 is 3.00 bits per heavy atom. The number of piperidine rings is 1. The van der Waals surface area contributed by atoms with Crippen molar-refractivity contribution in [3.63, 3.8) is 0 Å². The van der Waals surface area contributed by atoms with Gasteiger partial charge in [0.15, 0.2) is 11.5 Å². The predicted molar refractivity (Wildman–Crippen MR) is 94.3 cm³/mol. The van der Waals surface area contributed by atoms with Gasteiger partial charge in [-0.25, -0.2) is 0 Å². The number of hydrogen-bond acceptors (Lipinski definition) is 4. The van der Waals surface area contributed by atoms with Gasteiger partial charge in [0.1, 0.15) is 13.2 Å². The van der Waals surface area contributed by atoms with Crippen molar-refractivity contribution in [2.24, 2.45) is 5.92 Å². The van der Waals surface area contributed by atoms with E-state index >= 15 is 0 Å². The van der Waals surface area contributed by atoms with Gasteiger partial charge in [0.2, 0.25) is 5.91 Å². The first-order chi connectivity index (χ1) is 11.7. The van der Waals surface area contributed by atoms with Crippen LogP contribution in [0.25, 0.3) is 6.08 Å². The van der Waals surface area contributed by atoms with E-state index in [-0.39, 0.29) is 5.91 Å². The average molecular weight is 330 g/mol. The minimum absolute atomic E-state index is 0.0602. The number of nitrogens with one attached hydrogen (secondary N) is 1. The van der Waals surface area contributed by atoms with Crippen molar-refractivity contribution >= 4 is 12.0 Å². The van der Waals surface area contributed by atoms with Crippen molar-refractivity contribution in [2.75, 3.05) is 39.4 Å². The Balaban J connectivity index is 1.43. The van der Waals surface area contributed by atoms with Crippen LogP contribution in [-0.4, -0.2) is 50.2 Å². The summed E-state index contributed by atoms with van der Waals surface area (Å²) in [5.74, 6) is 2.21. The Morgan fingerprint density at radius 2 is 2.17 bits per heavy atom. The summed E-state index contributed by atoms with van der Waals surface area (Å²) in [7, 11) is 0. The molecule has 1 atom stereocenters. The van der Waals surface area contributed by atoms with E-state index in [0.29, 0.717) is 19.8 Å². The van der Waals surface area contributed by atoms with E-state index < -0.39 is 0 Å². The van der Waals surface area contributed by atoms with Crippen molar-refractivity contribution in [1.29, 1.82) is 0 Å². The van der Waals surface area contributed by atoms with Crippen LogP contribution in [0.15, 0.2) is 24.3 Å². The van der Waals surface area contributed by atoms with Crippen LogP contribution < -0.4 is 14.8 Å². The zero-order valence-corrected chi connectivity index (χ0v) is 14.3. The Kier molecular flexibility index (Phi) is 5.75. The van der Waals surface area contributed by atoms with Crippen molar-refractivity contribution in [2.45, 2.75) is 19.8 Å². The van der Waals surface area contributed by atoms with Gasteiger partial charge in [-0.15, -0.1) is 0 Å². The van der Waals surface area contributed by atoms with Gasteiger partial charge in [-0.05, 0) is 49.1 Å². The fourth-order valence-corrected chi connectivity index (χ4v) is 3.22. The van der Waals surface area contributed by atoms with Gasteiger partial charge in [-0.2, -0.15) is 0 Å². The summed E-state index contributed by atoms with van der Waals surface area (Å²) >= 11 is 0. The minimum atomic E-state index is -0.0602. The van der Waals surface area contributed by atoms with Gasteiger partial charge in [-0.3, -0.25) is 4.79 Å². The summed E-state index contributed by atoms with van der Waals surface area (Å²) in [6.45, 7) is 7.35. The molecule has 1 fully saturated rings. The summed E-state index contributed by atoms with van der Waals surface area (Å²) in [6.07, 6.45) is 5.96. The predicted octanol–water partition coefficient (Wildman–Crippen LogP) is 2.32. The van der Waals surface area contributed by atoms with Gasteiger partial charge < -0.3 is 19.7 Å². The van der Waals surface area contributed by atoms with E-state index in [0.717, 1.165) is 42.6 Å². The summed E-state index contributed by atoms with van der Waals surface area (Å²) < 4.78 is 11.0. The topological polar surface area (TPSA) is 50.8 Å². The zero-order valence-electron chi connectivity index (χ0n) is 14.3. The van der Waals surface area contributed by atoms with Crippen molar-refractivity contribution in [3.05, 3.63) is 29.8 Å². The quantitative estimate of drug-likeness (QED) is 0.842. The summed E-state index contributed by atoms with van der Waals surface area (Å²) in [5, 5.41) is 2.95. The monoisotopic (exact) mass is 330 g/mol. The molecule has 2 aliphatic heterocycles. The van der Waals surface area contributed by atoms with Gasteiger partial charge in [0, 0.05) is 25.7 Å². The summed E-state index contributed by atoms with van der Waals surface area (Å²) in [6, 6.07) is 5.70. The lowest BCUT2D eigenvalue weighted by molar-refractivity contribution is -0.116. The minimum Gasteiger partial charge on any atom is -0.486 e. The first kappa shape index (κ1) is 16.8. The second-order valence-corrected chi connectivity index (χ2v) is 6.58. The standard InChI is InChI=1S/C19H26N2O3/c1-15-3-2-9-21(14-15)10-8-20-19(22)7-5-16-4-6-17-18(13-16)24-12-11-23-17/h4-7,13,15H,2-3,8-12,14H2,1H3,(H,20,22)/b7-5-/t15-/m1/s1. The van der Waals surface area contributed by atoms with E-state index in [2.05, 4.69) is 17.1 Å². The fraction of sp³-hybridized carbons (Fsp3) is 0.526. The lowest BCUT2D eigenvalue weighted by atomic mass is 10.0. The summed E-state index contributed by atoms with van der Waals surface area (Å²) in [4.78, 5) is 14.4. The molecule has 0 aliphatic carbocycles. The molecule has 1 saturated heterocycles. The zero-order chi connectivity index (χ0) is 16.8. The normalized spacial score (nSPS) is 21.0.